The summed E-state index contributed by atoms with van der Waals surface area (Å²) in [6.45, 7) is 1.96. The molecule has 1 saturated carbocycles. The van der Waals surface area contributed by atoms with E-state index < -0.39 is 0 Å². The SMILES string of the molecule is N#CC1(NC2CC2)CCNCC1. The van der Waals surface area contributed by atoms with Gasteiger partial charge in [-0.1, -0.05) is 0 Å². The summed E-state index contributed by atoms with van der Waals surface area (Å²) < 4.78 is 0. The van der Waals surface area contributed by atoms with Gasteiger partial charge >= 0.3 is 0 Å². The Bertz CT molecular complexity index is 196. The summed E-state index contributed by atoms with van der Waals surface area (Å²) in [4.78, 5) is 0. The number of hydrogen-bond acceptors (Lipinski definition) is 3. The smallest absolute Gasteiger partial charge is 0.109 e. The molecule has 66 valence electrons. The monoisotopic (exact) mass is 165 g/mol. The fourth-order valence-corrected chi connectivity index (χ4v) is 1.76. The van der Waals surface area contributed by atoms with Gasteiger partial charge in [-0.2, -0.15) is 5.26 Å². The number of nitriles is 1. The topological polar surface area (TPSA) is 47.9 Å². The minimum Gasteiger partial charge on any atom is -0.317 e. The molecule has 0 spiro atoms. The van der Waals surface area contributed by atoms with Crippen LogP contribution < -0.4 is 10.6 Å². The van der Waals surface area contributed by atoms with Crippen molar-refractivity contribution in [2.45, 2.75) is 37.3 Å². The first-order chi connectivity index (χ1) is 5.85. The van der Waals surface area contributed by atoms with Gasteiger partial charge in [0.15, 0.2) is 0 Å². The lowest BCUT2D eigenvalue weighted by Gasteiger charge is -2.32. The second-order valence-corrected chi connectivity index (χ2v) is 3.86. The Kier molecular flexibility index (Phi) is 2.03. The van der Waals surface area contributed by atoms with Gasteiger partial charge in [-0.05, 0) is 38.8 Å². The average molecular weight is 165 g/mol. The lowest BCUT2D eigenvalue weighted by Crippen LogP contribution is -2.52. The number of piperidine rings is 1. The van der Waals surface area contributed by atoms with Gasteiger partial charge in [0, 0.05) is 6.04 Å². The average Bonchev–Trinajstić information content (AvgIpc) is 2.90. The van der Waals surface area contributed by atoms with Crippen LogP contribution >= 0.6 is 0 Å². The van der Waals surface area contributed by atoms with Gasteiger partial charge in [-0.15, -0.1) is 0 Å². The second kappa shape index (κ2) is 3.04. The predicted molar refractivity (Wildman–Crippen MR) is 46.6 cm³/mol. The van der Waals surface area contributed by atoms with Gasteiger partial charge in [-0.25, -0.2) is 0 Å². The Morgan fingerprint density at radius 1 is 1.33 bits per heavy atom. The molecule has 1 saturated heterocycles. The minimum atomic E-state index is -0.202. The number of rotatable bonds is 2. The Morgan fingerprint density at radius 2 is 2.00 bits per heavy atom. The fourth-order valence-electron chi connectivity index (χ4n) is 1.76. The lowest BCUT2D eigenvalue weighted by molar-refractivity contribution is 0.308. The lowest BCUT2D eigenvalue weighted by atomic mass is 9.90. The molecule has 1 aliphatic carbocycles. The number of nitrogens with one attached hydrogen (secondary N) is 2. The first-order valence-electron chi connectivity index (χ1n) is 4.74. The van der Waals surface area contributed by atoms with Crippen LogP contribution in [0.5, 0.6) is 0 Å². The molecule has 3 nitrogen and oxygen atoms in total. The predicted octanol–water partition coefficient (Wildman–Crippen LogP) is 0.384. The Hall–Kier alpha value is -0.590. The van der Waals surface area contributed by atoms with Gasteiger partial charge in [-0.3, -0.25) is 5.32 Å². The third-order valence-corrected chi connectivity index (χ3v) is 2.73. The molecule has 12 heavy (non-hydrogen) atoms. The Balaban J connectivity index is 1.96. The molecule has 2 aliphatic rings. The number of hydrogen-bond donors (Lipinski definition) is 2. The summed E-state index contributed by atoms with van der Waals surface area (Å²) in [5.41, 5.74) is -0.202. The zero-order valence-corrected chi connectivity index (χ0v) is 7.27. The summed E-state index contributed by atoms with van der Waals surface area (Å²) in [5.74, 6) is 0. The molecule has 0 aromatic rings. The quantitative estimate of drug-likeness (QED) is 0.622. The highest BCUT2D eigenvalue weighted by Crippen LogP contribution is 2.26. The van der Waals surface area contributed by atoms with Crippen LogP contribution in [0, 0.1) is 11.3 Å². The molecule has 0 amide bonds. The van der Waals surface area contributed by atoms with Gasteiger partial charge in [0.05, 0.1) is 6.07 Å². The van der Waals surface area contributed by atoms with Crippen molar-refractivity contribution in [3.63, 3.8) is 0 Å². The third kappa shape index (κ3) is 1.60. The van der Waals surface area contributed by atoms with Crippen molar-refractivity contribution in [2.75, 3.05) is 13.1 Å². The fraction of sp³-hybridized carbons (Fsp3) is 0.889. The summed E-state index contributed by atoms with van der Waals surface area (Å²) in [6, 6.07) is 3.08. The molecule has 2 fully saturated rings. The van der Waals surface area contributed by atoms with E-state index >= 15 is 0 Å². The van der Waals surface area contributed by atoms with Gasteiger partial charge < -0.3 is 5.32 Å². The van der Waals surface area contributed by atoms with Crippen LogP contribution in [-0.4, -0.2) is 24.7 Å². The molecular formula is C9H15N3. The van der Waals surface area contributed by atoms with Crippen molar-refractivity contribution in [1.82, 2.24) is 10.6 Å². The molecule has 0 atom stereocenters. The van der Waals surface area contributed by atoms with E-state index in [1.807, 2.05) is 0 Å². The van der Waals surface area contributed by atoms with Crippen LogP contribution in [-0.2, 0) is 0 Å². The molecule has 0 radical (unpaired) electrons. The van der Waals surface area contributed by atoms with Gasteiger partial charge in [0.2, 0.25) is 0 Å². The van der Waals surface area contributed by atoms with Gasteiger partial charge in [0.1, 0.15) is 5.54 Å². The van der Waals surface area contributed by atoms with Crippen LogP contribution in [0.3, 0.4) is 0 Å². The summed E-state index contributed by atoms with van der Waals surface area (Å²) in [6.07, 6.45) is 4.44. The van der Waals surface area contributed by atoms with Crippen LogP contribution in [0.25, 0.3) is 0 Å². The van der Waals surface area contributed by atoms with Crippen molar-refractivity contribution >= 4 is 0 Å². The van der Waals surface area contributed by atoms with Crippen LogP contribution in [0.4, 0.5) is 0 Å². The normalized spacial score (nSPS) is 27.9. The standard InChI is InChI=1S/C9H15N3/c10-7-9(12-8-1-2-8)3-5-11-6-4-9/h8,11-12H,1-6H2. The van der Waals surface area contributed by atoms with Gasteiger partial charge in [0.25, 0.3) is 0 Å². The second-order valence-electron chi connectivity index (χ2n) is 3.86. The van der Waals surface area contributed by atoms with E-state index in [-0.39, 0.29) is 5.54 Å². The highest BCUT2D eigenvalue weighted by Gasteiger charge is 2.37. The van der Waals surface area contributed by atoms with E-state index in [0.29, 0.717) is 6.04 Å². The van der Waals surface area contributed by atoms with Crippen molar-refractivity contribution in [3.8, 4) is 6.07 Å². The maximum Gasteiger partial charge on any atom is 0.109 e. The molecule has 2 N–H and O–H groups in total. The van der Waals surface area contributed by atoms with Crippen molar-refractivity contribution in [2.24, 2.45) is 0 Å². The maximum absolute atomic E-state index is 9.08. The number of nitrogens with zero attached hydrogens (tertiary/aromatic N) is 1. The molecule has 3 heteroatoms. The van der Waals surface area contributed by atoms with Crippen molar-refractivity contribution < 1.29 is 0 Å². The summed E-state index contributed by atoms with van der Waals surface area (Å²) in [5, 5.41) is 15.8. The van der Waals surface area contributed by atoms with E-state index in [2.05, 4.69) is 16.7 Å². The van der Waals surface area contributed by atoms with E-state index in [9.17, 15) is 0 Å². The van der Waals surface area contributed by atoms with Crippen LogP contribution in [0.1, 0.15) is 25.7 Å². The first kappa shape index (κ1) is 8.03. The molecule has 1 heterocycles. The molecule has 0 aromatic heterocycles. The molecule has 2 rings (SSSR count). The van der Waals surface area contributed by atoms with E-state index in [0.717, 1.165) is 25.9 Å². The highest BCUT2D eigenvalue weighted by molar-refractivity contribution is 5.11. The molecule has 0 unspecified atom stereocenters. The largest absolute Gasteiger partial charge is 0.317 e. The van der Waals surface area contributed by atoms with E-state index in [4.69, 9.17) is 5.26 Å². The first-order valence-corrected chi connectivity index (χ1v) is 4.74. The molecule has 0 bridgehead atoms. The zero-order valence-electron chi connectivity index (χ0n) is 7.27. The van der Waals surface area contributed by atoms with E-state index in [1.165, 1.54) is 12.8 Å². The minimum absolute atomic E-state index is 0.202. The maximum atomic E-state index is 9.08. The summed E-state index contributed by atoms with van der Waals surface area (Å²) >= 11 is 0. The molecule has 1 aliphatic heterocycles. The molecular weight excluding hydrogens is 150 g/mol. The van der Waals surface area contributed by atoms with Crippen molar-refractivity contribution in [1.29, 1.82) is 5.26 Å². The zero-order chi connectivity index (χ0) is 8.44. The molecule has 0 aromatic carbocycles. The Labute approximate surface area is 73.1 Å². The highest BCUT2D eigenvalue weighted by atomic mass is 15.1. The van der Waals surface area contributed by atoms with E-state index in [1.54, 1.807) is 0 Å². The van der Waals surface area contributed by atoms with Crippen LogP contribution in [0.15, 0.2) is 0 Å². The summed E-state index contributed by atoms with van der Waals surface area (Å²) in [7, 11) is 0. The third-order valence-electron chi connectivity index (χ3n) is 2.73. The van der Waals surface area contributed by atoms with Crippen molar-refractivity contribution in [3.05, 3.63) is 0 Å². The van der Waals surface area contributed by atoms with Crippen LogP contribution in [0.2, 0.25) is 0 Å². The Morgan fingerprint density at radius 3 is 2.50 bits per heavy atom.